The number of hydrogen-bond acceptors (Lipinski definition) is 5. The van der Waals surface area contributed by atoms with Crippen molar-refractivity contribution in [3.63, 3.8) is 0 Å². The van der Waals surface area contributed by atoms with Gasteiger partial charge in [-0.2, -0.15) is 0 Å². The van der Waals surface area contributed by atoms with Gasteiger partial charge in [0.25, 0.3) is 11.1 Å². The molecule has 1 aromatic rings. The lowest BCUT2D eigenvalue weighted by atomic mass is 10.2. The monoisotopic (exact) mass is 321 g/mol. The fourth-order valence-electron chi connectivity index (χ4n) is 2.05. The summed E-state index contributed by atoms with van der Waals surface area (Å²) in [6.45, 7) is 4.73. The Balaban J connectivity index is 2.21. The quantitative estimate of drug-likeness (QED) is 0.810. The van der Waals surface area contributed by atoms with Gasteiger partial charge in [-0.3, -0.25) is 14.5 Å². The molecule has 1 heterocycles. The maximum atomic E-state index is 12.2. The van der Waals surface area contributed by atoms with E-state index in [2.05, 4.69) is 0 Å². The van der Waals surface area contributed by atoms with Crippen molar-refractivity contribution in [2.75, 3.05) is 13.2 Å². The molecule has 1 aliphatic heterocycles. The van der Waals surface area contributed by atoms with Crippen LogP contribution in [-0.2, 0) is 4.79 Å². The zero-order chi connectivity index (χ0) is 16.1. The van der Waals surface area contributed by atoms with E-state index in [1.165, 1.54) is 11.0 Å². The molecule has 1 saturated heterocycles. The highest BCUT2D eigenvalue weighted by atomic mass is 32.2. The Morgan fingerprint density at radius 3 is 2.77 bits per heavy atom. The standard InChI is InChI=1S/C16H19NO4S/c1-3-5-8-17-15(19)14(22-16(17)20)10-11-6-7-12(18)13(9-11)21-4-2/h6-7,9-10,18H,3-5,8H2,1-2H3/b14-10-. The molecule has 2 rings (SSSR count). The summed E-state index contributed by atoms with van der Waals surface area (Å²) in [5.41, 5.74) is 0.710. The summed E-state index contributed by atoms with van der Waals surface area (Å²) in [5.74, 6) is 0.158. The predicted octanol–water partition coefficient (Wildman–Crippen LogP) is 3.63. The first-order chi connectivity index (χ1) is 10.6. The van der Waals surface area contributed by atoms with Crippen LogP contribution < -0.4 is 4.74 Å². The minimum atomic E-state index is -0.255. The number of unbranched alkanes of at least 4 members (excludes halogenated alkanes) is 1. The van der Waals surface area contributed by atoms with E-state index in [9.17, 15) is 14.7 Å². The Bertz CT molecular complexity index is 612. The number of aromatic hydroxyl groups is 1. The van der Waals surface area contributed by atoms with Gasteiger partial charge >= 0.3 is 0 Å². The Morgan fingerprint density at radius 1 is 1.32 bits per heavy atom. The van der Waals surface area contributed by atoms with E-state index in [4.69, 9.17) is 4.74 Å². The first-order valence-corrected chi connectivity index (χ1v) is 8.09. The lowest BCUT2D eigenvalue weighted by Crippen LogP contribution is -2.29. The van der Waals surface area contributed by atoms with Crippen LogP contribution in [0.4, 0.5) is 4.79 Å². The van der Waals surface area contributed by atoms with Gasteiger partial charge in [0.1, 0.15) is 0 Å². The molecule has 0 aliphatic carbocycles. The minimum absolute atomic E-state index is 0.0510. The number of phenols is 1. The van der Waals surface area contributed by atoms with Gasteiger partial charge in [-0.15, -0.1) is 0 Å². The van der Waals surface area contributed by atoms with Gasteiger partial charge < -0.3 is 9.84 Å². The molecule has 0 atom stereocenters. The molecular formula is C16H19NO4S. The van der Waals surface area contributed by atoms with Crippen molar-refractivity contribution in [1.82, 2.24) is 4.90 Å². The van der Waals surface area contributed by atoms with Crippen molar-refractivity contribution >= 4 is 29.0 Å². The summed E-state index contributed by atoms with van der Waals surface area (Å²) in [4.78, 5) is 25.8. The third kappa shape index (κ3) is 3.62. The van der Waals surface area contributed by atoms with Gasteiger partial charge in [0.15, 0.2) is 11.5 Å². The van der Waals surface area contributed by atoms with E-state index in [0.29, 0.717) is 29.4 Å². The summed E-state index contributed by atoms with van der Waals surface area (Å²) in [5, 5.41) is 9.45. The fourth-order valence-corrected chi connectivity index (χ4v) is 2.92. The normalized spacial score (nSPS) is 16.6. The molecule has 0 spiro atoms. The van der Waals surface area contributed by atoms with E-state index < -0.39 is 0 Å². The van der Waals surface area contributed by atoms with Crippen LogP contribution in [-0.4, -0.2) is 34.3 Å². The zero-order valence-electron chi connectivity index (χ0n) is 12.7. The SMILES string of the molecule is CCCCN1C(=O)S/C(=C\c2ccc(O)c(OCC)c2)C1=O. The summed E-state index contributed by atoms with van der Waals surface area (Å²) in [7, 11) is 0. The number of phenolic OH excluding ortho intramolecular Hbond substituents is 1. The van der Waals surface area contributed by atoms with Crippen LogP contribution >= 0.6 is 11.8 Å². The lowest BCUT2D eigenvalue weighted by molar-refractivity contribution is -0.122. The molecule has 118 valence electrons. The molecule has 2 amide bonds. The van der Waals surface area contributed by atoms with Crippen molar-refractivity contribution in [3.05, 3.63) is 28.7 Å². The van der Waals surface area contributed by atoms with Crippen LogP contribution in [0, 0.1) is 0 Å². The van der Waals surface area contributed by atoms with E-state index in [1.54, 1.807) is 18.2 Å². The van der Waals surface area contributed by atoms with Crippen molar-refractivity contribution in [2.45, 2.75) is 26.7 Å². The summed E-state index contributed by atoms with van der Waals surface area (Å²) in [6.07, 6.45) is 3.38. The predicted molar refractivity (Wildman–Crippen MR) is 86.9 cm³/mol. The highest BCUT2D eigenvalue weighted by molar-refractivity contribution is 8.18. The van der Waals surface area contributed by atoms with Crippen molar-refractivity contribution in [2.24, 2.45) is 0 Å². The van der Waals surface area contributed by atoms with Gasteiger partial charge in [0.05, 0.1) is 11.5 Å². The van der Waals surface area contributed by atoms with Gasteiger partial charge in [-0.1, -0.05) is 19.4 Å². The molecule has 0 radical (unpaired) electrons. The Morgan fingerprint density at radius 2 is 2.09 bits per heavy atom. The van der Waals surface area contributed by atoms with Crippen molar-refractivity contribution in [3.8, 4) is 11.5 Å². The van der Waals surface area contributed by atoms with Crippen LogP contribution in [0.2, 0.25) is 0 Å². The average molecular weight is 321 g/mol. The second-order valence-corrected chi connectivity index (χ2v) is 5.84. The maximum absolute atomic E-state index is 12.2. The Kier molecular flexibility index (Phi) is 5.49. The number of ether oxygens (including phenoxy) is 1. The van der Waals surface area contributed by atoms with Crippen LogP contribution in [0.3, 0.4) is 0 Å². The minimum Gasteiger partial charge on any atom is -0.504 e. The number of benzene rings is 1. The van der Waals surface area contributed by atoms with E-state index in [-0.39, 0.29) is 16.9 Å². The fraction of sp³-hybridized carbons (Fsp3) is 0.375. The molecule has 0 unspecified atom stereocenters. The number of thioether (sulfide) groups is 1. The topological polar surface area (TPSA) is 66.8 Å². The van der Waals surface area contributed by atoms with Crippen molar-refractivity contribution in [1.29, 1.82) is 0 Å². The molecule has 22 heavy (non-hydrogen) atoms. The first kappa shape index (κ1) is 16.4. The average Bonchev–Trinajstić information content (AvgIpc) is 2.75. The highest BCUT2D eigenvalue weighted by Gasteiger charge is 2.34. The maximum Gasteiger partial charge on any atom is 0.293 e. The highest BCUT2D eigenvalue weighted by Crippen LogP contribution is 2.34. The summed E-state index contributed by atoms with van der Waals surface area (Å²) >= 11 is 0.946. The van der Waals surface area contributed by atoms with E-state index in [1.807, 2.05) is 13.8 Å². The molecular weight excluding hydrogens is 302 g/mol. The number of rotatable bonds is 6. The number of amides is 2. The molecule has 6 heteroatoms. The summed E-state index contributed by atoms with van der Waals surface area (Å²) < 4.78 is 5.32. The number of carbonyl (C=O) groups excluding carboxylic acids is 2. The number of nitrogens with zero attached hydrogens (tertiary/aromatic N) is 1. The zero-order valence-corrected chi connectivity index (χ0v) is 13.5. The molecule has 1 aliphatic rings. The molecule has 0 bridgehead atoms. The Labute approximate surface area is 133 Å². The number of carbonyl (C=O) groups is 2. The van der Waals surface area contributed by atoms with E-state index in [0.717, 1.165) is 24.6 Å². The van der Waals surface area contributed by atoms with Crippen LogP contribution in [0.5, 0.6) is 11.5 Å². The molecule has 1 aromatic carbocycles. The lowest BCUT2D eigenvalue weighted by Gasteiger charge is -2.10. The molecule has 0 saturated carbocycles. The van der Waals surface area contributed by atoms with E-state index >= 15 is 0 Å². The van der Waals surface area contributed by atoms with Gasteiger partial charge in [-0.05, 0) is 48.9 Å². The molecule has 1 fully saturated rings. The molecule has 1 N–H and O–H groups in total. The Hall–Kier alpha value is -1.95. The number of hydrogen-bond donors (Lipinski definition) is 1. The second kappa shape index (κ2) is 7.35. The van der Waals surface area contributed by atoms with Crippen LogP contribution in [0.1, 0.15) is 32.3 Å². The summed E-state index contributed by atoms with van der Waals surface area (Å²) in [6, 6.07) is 4.84. The van der Waals surface area contributed by atoms with Gasteiger partial charge in [-0.25, -0.2) is 0 Å². The van der Waals surface area contributed by atoms with Gasteiger partial charge in [0.2, 0.25) is 0 Å². The third-order valence-corrected chi connectivity index (χ3v) is 4.10. The van der Waals surface area contributed by atoms with Crippen LogP contribution in [0.15, 0.2) is 23.1 Å². The largest absolute Gasteiger partial charge is 0.504 e. The smallest absolute Gasteiger partial charge is 0.293 e. The molecule has 5 nitrogen and oxygen atoms in total. The van der Waals surface area contributed by atoms with Crippen LogP contribution in [0.25, 0.3) is 6.08 Å². The number of imide groups is 1. The van der Waals surface area contributed by atoms with Gasteiger partial charge in [0, 0.05) is 6.54 Å². The van der Waals surface area contributed by atoms with Crippen molar-refractivity contribution < 1.29 is 19.4 Å². The first-order valence-electron chi connectivity index (χ1n) is 7.28. The third-order valence-electron chi connectivity index (χ3n) is 3.19. The second-order valence-electron chi connectivity index (χ2n) is 4.85. The molecule has 0 aromatic heterocycles.